The molecule has 0 fully saturated rings. The third-order valence-corrected chi connectivity index (χ3v) is 4.13. The molecule has 28 heavy (non-hydrogen) atoms. The fourth-order valence-corrected chi connectivity index (χ4v) is 2.37. The molecule has 0 aromatic heterocycles. The lowest BCUT2D eigenvalue weighted by atomic mass is 10.1. The van der Waals surface area contributed by atoms with Crippen molar-refractivity contribution in [2.75, 3.05) is 5.32 Å². The second-order valence-corrected chi connectivity index (χ2v) is 6.77. The zero-order chi connectivity index (χ0) is 20.7. The molecule has 0 atom stereocenters. The van der Waals surface area contributed by atoms with E-state index in [0.29, 0.717) is 17.8 Å². The first-order valence-corrected chi connectivity index (χ1v) is 8.93. The summed E-state index contributed by atoms with van der Waals surface area (Å²) in [6.45, 7) is 3.94. The smallest absolute Gasteiger partial charge is 0.288 e. The highest BCUT2D eigenvalue weighted by Gasteiger charge is 2.11. The van der Waals surface area contributed by atoms with Crippen LogP contribution in [0.5, 0.6) is 0 Å². The topological polar surface area (TPSA) is 101 Å². The minimum absolute atomic E-state index is 0.0413. The van der Waals surface area contributed by atoms with Crippen LogP contribution in [-0.2, 0) is 16.1 Å². The number of benzene rings is 2. The van der Waals surface area contributed by atoms with Gasteiger partial charge in [0.25, 0.3) is 5.69 Å². The number of hydrogen-bond acceptors (Lipinski definition) is 4. The molecule has 2 N–H and O–H groups in total. The van der Waals surface area contributed by atoms with Gasteiger partial charge in [0.1, 0.15) is 5.02 Å². The fraction of sp³-hybridized carbons (Fsp3) is 0.200. The molecule has 8 heteroatoms. The Hall–Kier alpha value is -3.19. The maximum absolute atomic E-state index is 11.9. The Bertz CT molecular complexity index is 908. The Labute approximate surface area is 167 Å². The van der Waals surface area contributed by atoms with Crippen LogP contribution in [0.25, 0.3) is 6.08 Å². The second-order valence-electron chi connectivity index (χ2n) is 6.36. The van der Waals surface area contributed by atoms with Gasteiger partial charge in [-0.15, -0.1) is 0 Å². The van der Waals surface area contributed by atoms with Crippen LogP contribution in [0.1, 0.15) is 25.0 Å². The number of hydrogen-bond donors (Lipinski definition) is 2. The Morgan fingerprint density at radius 1 is 1.18 bits per heavy atom. The van der Waals surface area contributed by atoms with Gasteiger partial charge >= 0.3 is 0 Å². The Morgan fingerprint density at radius 3 is 2.46 bits per heavy atom. The van der Waals surface area contributed by atoms with Crippen molar-refractivity contribution in [1.29, 1.82) is 0 Å². The lowest BCUT2D eigenvalue weighted by molar-refractivity contribution is -0.384. The molecule has 0 bridgehead atoms. The highest BCUT2D eigenvalue weighted by molar-refractivity contribution is 6.32. The maximum Gasteiger partial charge on any atom is 0.288 e. The number of nitrogens with zero attached hydrogens (tertiary/aromatic N) is 1. The monoisotopic (exact) mass is 401 g/mol. The van der Waals surface area contributed by atoms with Crippen LogP contribution in [0.15, 0.2) is 48.5 Å². The summed E-state index contributed by atoms with van der Waals surface area (Å²) in [7, 11) is 0. The van der Waals surface area contributed by atoms with Crippen molar-refractivity contribution in [2.45, 2.75) is 20.4 Å². The predicted octanol–water partition coefficient (Wildman–Crippen LogP) is 4.17. The molecule has 2 rings (SSSR count). The van der Waals surface area contributed by atoms with Gasteiger partial charge in [0.2, 0.25) is 11.8 Å². The maximum atomic E-state index is 11.9. The van der Waals surface area contributed by atoms with Gasteiger partial charge in [0.15, 0.2) is 0 Å². The minimum Gasteiger partial charge on any atom is -0.348 e. The number of amides is 2. The molecule has 0 saturated heterocycles. The average Bonchev–Trinajstić information content (AvgIpc) is 2.66. The quantitative estimate of drug-likeness (QED) is 0.413. The van der Waals surface area contributed by atoms with Gasteiger partial charge in [-0.2, -0.15) is 0 Å². The van der Waals surface area contributed by atoms with E-state index in [9.17, 15) is 19.7 Å². The molecule has 0 spiro atoms. The summed E-state index contributed by atoms with van der Waals surface area (Å²) < 4.78 is 0. The van der Waals surface area contributed by atoms with Crippen molar-refractivity contribution in [1.82, 2.24) is 5.32 Å². The molecule has 146 valence electrons. The lowest BCUT2D eigenvalue weighted by Crippen LogP contribution is -2.20. The highest BCUT2D eigenvalue weighted by atomic mass is 35.5. The first-order valence-electron chi connectivity index (χ1n) is 8.56. The standard InChI is InChI=1S/C20H20ClN3O4/c1-13(2)20(26)23-16-7-3-15(4-8-16)12-22-19(25)10-6-14-5-9-17(21)18(11-14)24(27)28/h3-11,13H,12H2,1-2H3,(H,22,25)(H,23,26)/b10-6+. The number of nitro groups is 1. The van der Waals surface area contributed by atoms with Gasteiger partial charge in [0, 0.05) is 30.3 Å². The van der Waals surface area contributed by atoms with E-state index in [0.717, 1.165) is 5.56 Å². The van der Waals surface area contributed by atoms with Crippen molar-refractivity contribution in [2.24, 2.45) is 5.92 Å². The first-order chi connectivity index (χ1) is 13.3. The van der Waals surface area contributed by atoms with Crippen LogP contribution in [0, 0.1) is 16.0 Å². The number of halogens is 1. The number of rotatable bonds is 7. The third-order valence-electron chi connectivity index (χ3n) is 3.81. The largest absolute Gasteiger partial charge is 0.348 e. The normalized spacial score (nSPS) is 10.9. The third kappa shape index (κ3) is 6.21. The number of nitro benzene ring substituents is 1. The molecule has 0 saturated carbocycles. The summed E-state index contributed by atoms with van der Waals surface area (Å²) in [6.07, 6.45) is 2.77. The molecule has 0 aliphatic rings. The number of anilines is 1. The zero-order valence-corrected chi connectivity index (χ0v) is 16.2. The van der Waals surface area contributed by atoms with Crippen LogP contribution in [0.2, 0.25) is 5.02 Å². The van der Waals surface area contributed by atoms with E-state index in [2.05, 4.69) is 10.6 Å². The molecule has 2 amide bonds. The van der Waals surface area contributed by atoms with Crippen LogP contribution in [-0.4, -0.2) is 16.7 Å². The van der Waals surface area contributed by atoms with E-state index < -0.39 is 4.92 Å². The van der Waals surface area contributed by atoms with Gasteiger partial charge < -0.3 is 10.6 Å². The van der Waals surface area contributed by atoms with Crippen LogP contribution < -0.4 is 10.6 Å². The average molecular weight is 402 g/mol. The summed E-state index contributed by atoms with van der Waals surface area (Å²) in [4.78, 5) is 33.9. The molecule has 0 unspecified atom stereocenters. The van der Waals surface area contributed by atoms with E-state index in [-0.39, 0.29) is 28.4 Å². The van der Waals surface area contributed by atoms with Crippen molar-refractivity contribution in [3.63, 3.8) is 0 Å². The molecule has 0 aliphatic heterocycles. The van der Waals surface area contributed by atoms with E-state index >= 15 is 0 Å². The van der Waals surface area contributed by atoms with Crippen molar-refractivity contribution >= 4 is 40.9 Å². The number of carbonyl (C=O) groups is 2. The van der Waals surface area contributed by atoms with E-state index in [4.69, 9.17) is 11.6 Å². The van der Waals surface area contributed by atoms with Gasteiger partial charge in [-0.3, -0.25) is 19.7 Å². The number of carbonyl (C=O) groups excluding carboxylic acids is 2. The number of nitrogens with one attached hydrogen (secondary N) is 2. The minimum atomic E-state index is -0.576. The summed E-state index contributed by atoms with van der Waals surface area (Å²) >= 11 is 5.76. The summed E-state index contributed by atoms with van der Waals surface area (Å²) in [6, 6.07) is 11.5. The molecular formula is C20H20ClN3O4. The molecular weight excluding hydrogens is 382 g/mol. The van der Waals surface area contributed by atoms with Gasteiger partial charge in [-0.05, 0) is 35.4 Å². The summed E-state index contributed by atoms with van der Waals surface area (Å²) in [5.74, 6) is -0.503. The van der Waals surface area contributed by atoms with E-state index in [1.54, 1.807) is 18.2 Å². The SMILES string of the molecule is CC(C)C(=O)Nc1ccc(CNC(=O)/C=C/c2ccc(Cl)c([N+](=O)[O-])c2)cc1. The van der Waals surface area contributed by atoms with E-state index in [1.807, 2.05) is 26.0 Å². The fourth-order valence-electron chi connectivity index (χ4n) is 2.19. The van der Waals surface area contributed by atoms with Gasteiger partial charge in [0.05, 0.1) is 4.92 Å². The zero-order valence-electron chi connectivity index (χ0n) is 15.4. The molecule has 0 heterocycles. The molecule has 2 aromatic rings. The molecule has 0 aliphatic carbocycles. The summed E-state index contributed by atoms with van der Waals surface area (Å²) in [5.41, 5.74) is 1.84. The van der Waals surface area contributed by atoms with Crippen molar-refractivity contribution in [3.8, 4) is 0 Å². The Kier molecular flexibility index (Phi) is 7.28. The second kappa shape index (κ2) is 9.66. The Balaban J connectivity index is 1.90. The molecule has 7 nitrogen and oxygen atoms in total. The summed E-state index contributed by atoms with van der Waals surface area (Å²) in [5, 5.41) is 16.4. The molecule has 0 radical (unpaired) electrons. The highest BCUT2D eigenvalue weighted by Crippen LogP contribution is 2.25. The van der Waals surface area contributed by atoms with Crippen LogP contribution in [0.3, 0.4) is 0 Å². The first kappa shape index (κ1) is 21.1. The van der Waals surface area contributed by atoms with E-state index in [1.165, 1.54) is 24.3 Å². The molecule has 2 aromatic carbocycles. The van der Waals surface area contributed by atoms with Crippen LogP contribution in [0.4, 0.5) is 11.4 Å². The van der Waals surface area contributed by atoms with Crippen molar-refractivity contribution in [3.05, 3.63) is 74.8 Å². The van der Waals surface area contributed by atoms with Crippen LogP contribution >= 0.6 is 11.6 Å². The Morgan fingerprint density at radius 2 is 1.86 bits per heavy atom. The van der Waals surface area contributed by atoms with Crippen molar-refractivity contribution < 1.29 is 14.5 Å². The van der Waals surface area contributed by atoms with Gasteiger partial charge in [-0.1, -0.05) is 43.6 Å². The lowest BCUT2D eigenvalue weighted by Gasteiger charge is -2.08. The predicted molar refractivity (Wildman–Crippen MR) is 109 cm³/mol. The van der Waals surface area contributed by atoms with Gasteiger partial charge in [-0.25, -0.2) is 0 Å².